The molecule has 0 saturated carbocycles. The number of hydrogen-bond donors (Lipinski definition) is 1. The minimum absolute atomic E-state index is 0.499. The normalized spacial score (nSPS) is 10.7. The lowest BCUT2D eigenvalue weighted by atomic mass is 10.2. The van der Waals surface area contributed by atoms with Gasteiger partial charge in [-0.3, -0.25) is 0 Å². The summed E-state index contributed by atoms with van der Waals surface area (Å²) in [5, 5.41) is 1.14. The second-order valence-corrected chi connectivity index (χ2v) is 6.11. The Kier molecular flexibility index (Phi) is 4.51. The second-order valence-electron chi connectivity index (χ2n) is 3.89. The molecule has 0 radical (unpaired) electrons. The van der Waals surface area contributed by atoms with E-state index in [1.165, 1.54) is 4.88 Å². The molecule has 1 aromatic carbocycles. The van der Waals surface area contributed by atoms with Crippen LogP contribution < -0.4 is 10.5 Å². The molecule has 0 atom stereocenters. The number of hydrogen-bond acceptors (Lipinski definition) is 3. The molecule has 2 nitrogen and oxygen atoms in total. The van der Waals surface area contributed by atoms with Crippen molar-refractivity contribution in [1.82, 2.24) is 0 Å². The number of benzene rings is 1. The third kappa shape index (κ3) is 3.39. The van der Waals surface area contributed by atoms with Crippen molar-refractivity contribution in [3.63, 3.8) is 0 Å². The summed E-state index contributed by atoms with van der Waals surface area (Å²) in [6.45, 7) is 3.13. The fourth-order valence-corrected chi connectivity index (χ4v) is 3.04. The first-order valence-electron chi connectivity index (χ1n) is 5.45. The van der Waals surface area contributed by atoms with E-state index >= 15 is 0 Å². The van der Waals surface area contributed by atoms with Crippen LogP contribution in [0.1, 0.15) is 15.3 Å². The SMILES string of the molecule is Cc1sc(CN)cc1COc1cc(Cl)cc(Cl)c1. The van der Waals surface area contributed by atoms with Crippen LogP contribution in [-0.2, 0) is 13.2 Å². The van der Waals surface area contributed by atoms with Gasteiger partial charge in [0.15, 0.2) is 0 Å². The van der Waals surface area contributed by atoms with E-state index in [0.29, 0.717) is 28.9 Å². The molecule has 0 aliphatic heterocycles. The Bertz CT molecular complexity index is 534. The van der Waals surface area contributed by atoms with Crippen LogP contribution in [0.25, 0.3) is 0 Å². The molecule has 0 fully saturated rings. The molecule has 96 valence electrons. The Labute approximate surface area is 120 Å². The highest BCUT2D eigenvalue weighted by Crippen LogP contribution is 2.26. The number of rotatable bonds is 4. The molecule has 1 aromatic heterocycles. The molecule has 0 amide bonds. The van der Waals surface area contributed by atoms with Crippen LogP contribution in [-0.4, -0.2) is 0 Å². The zero-order valence-corrected chi connectivity index (χ0v) is 12.2. The van der Waals surface area contributed by atoms with E-state index in [9.17, 15) is 0 Å². The van der Waals surface area contributed by atoms with E-state index in [1.807, 2.05) is 0 Å². The van der Waals surface area contributed by atoms with Gasteiger partial charge in [0.2, 0.25) is 0 Å². The van der Waals surface area contributed by atoms with Gasteiger partial charge < -0.3 is 10.5 Å². The number of ether oxygens (including phenoxy) is 1. The lowest BCUT2D eigenvalue weighted by molar-refractivity contribution is 0.306. The van der Waals surface area contributed by atoms with Gasteiger partial charge in [-0.1, -0.05) is 23.2 Å². The highest BCUT2D eigenvalue weighted by atomic mass is 35.5. The van der Waals surface area contributed by atoms with E-state index in [2.05, 4.69) is 13.0 Å². The van der Waals surface area contributed by atoms with Crippen LogP contribution in [0.2, 0.25) is 10.0 Å². The molecule has 1 heterocycles. The summed E-state index contributed by atoms with van der Waals surface area (Å²) in [6.07, 6.45) is 0. The average molecular weight is 302 g/mol. The smallest absolute Gasteiger partial charge is 0.122 e. The molecule has 0 spiro atoms. The number of nitrogens with two attached hydrogens (primary N) is 1. The third-order valence-corrected chi connectivity index (χ3v) is 4.05. The summed E-state index contributed by atoms with van der Waals surface area (Å²) in [4.78, 5) is 2.39. The van der Waals surface area contributed by atoms with Gasteiger partial charge in [-0.25, -0.2) is 0 Å². The van der Waals surface area contributed by atoms with Crippen molar-refractivity contribution in [2.75, 3.05) is 0 Å². The molecule has 0 unspecified atom stereocenters. The molecule has 2 aromatic rings. The molecule has 0 aliphatic rings. The monoisotopic (exact) mass is 301 g/mol. The maximum absolute atomic E-state index is 5.91. The van der Waals surface area contributed by atoms with Gasteiger partial charge >= 0.3 is 0 Å². The van der Waals surface area contributed by atoms with Gasteiger partial charge in [-0.05, 0) is 31.2 Å². The summed E-state index contributed by atoms with van der Waals surface area (Å²) in [6, 6.07) is 7.25. The Balaban J connectivity index is 2.08. The van der Waals surface area contributed by atoms with E-state index < -0.39 is 0 Å². The summed E-state index contributed by atoms with van der Waals surface area (Å²) in [5.74, 6) is 0.674. The standard InChI is InChI=1S/C13H13Cl2NOS/c1-8-9(2-13(6-16)18-8)7-17-12-4-10(14)3-11(15)5-12/h2-5H,6-7,16H2,1H3. The Hall–Kier alpha value is -0.740. The molecule has 0 aliphatic carbocycles. The quantitative estimate of drug-likeness (QED) is 0.908. The van der Waals surface area contributed by atoms with E-state index in [1.54, 1.807) is 29.5 Å². The van der Waals surface area contributed by atoms with Crippen molar-refractivity contribution in [1.29, 1.82) is 0 Å². The van der Waals surface area contributed by atoms with Crippen LogP contribution >= 0.6 is 34.5 Å². The van der Waals surface area contributed by atoms with Crippen molar-refractivity contribution in [2.24, 2.45) is 5.73 Å². The fraction of sp³-hybridized carbons (Fsp3) is 0.231. The summed E-state index contributed by atoms with van der Waals surface area (Å²) in [7, 11) is 0. The zero-order chi connectivity index (χ0) is 13.1. The summed E-state index contributed by atoms with van der Waals surface area (Å²) in [5.41, 5.74) is 6.76. The third-order valence-electron chi connectivity index (χ3n) is 2.50. The molecule has 18 heavy (non-hydrogen) atoms. The molecular formula is C13H13Cl2NOS. The Morgan fingerprint density at radius 1 is 1.17 bits per heavy atom. The Morgan fingerprint density at radius 2 is 1.83 bits per heavy atom. The lowest BCUT2D eigenvalue weighted by Gasteiger charge is -2.06. The molecule has 2 rings (SSSR count). The average Bonchev–Trinajstić information content (AvgIpc) is 2.66. The van der Waals surface area contributed by atoms with Gasteiger partial charge in [0.25, 0.3) is 0 Å². The van der Waals surface area contributed by atoms with Crippen molar-refractivity contribution in [3.05, 3.63) is 49.6 Å². The predicted octanol–water partition coefficient (Wildman–Crippen LogP) is 4.40. The van der Waals surface area contributed by atoms with Crippen molar-refractivity contribution in [3.8, 4) is 5.75 Å². The predicted molar refractivity (Wildman–Crippen MR) is 77.7 cm³/mol. The van der Waals surface area contributed by atoms with E-state index in [0.717, 1.165) is 10.4 Å². The minimum Gasteiger partial charge on any atom is -0.489 e. The van der Waals surface area contributed by atoms with E-state index in [-0.39, 0.29) is 0 Å². The van der Waals surface area contributed by atoms with Crippen LogP contribution in [0.3, 0.4) is 0 Å². The highest BCUT2D eigenvalue weighted by Gasteiger charge is 2.06. The minimum atomic E-state index is 0.499. The van der Waals surface area contributed by atoms with Gasteiger partial charge in [0.1, 0.15) is 12.4 Å². The largest absolute Gasteiger partial charge is 0.489 e. The maximum atomic E-state index is 5.91. The zero-order valence-electron chi connectivity index (χ0n) is 9.87. The van der Waals surface area contributed by atoms with Crippen LogP contribution in [0, 0.1) is 6.92 Å². The number of halogens is 2. The first kappa shape index (κ1) is 13.7. The van der Waals surface area contributed by atoms with Gasteiger partial charge in [-0.15, -0.1) is 11.3 Å². The molecule has 2 N–H and O–H groups in total. The maximum Gasteiger partial charge on any atom is 0.122 e. The molecule has 5 heteroatoms. The molecule has 0 saturated heterocycles. The van der Waals surface area contributed by atoms with Crippen molar-refractivity contribution >= 4 is 34.5 Å². The highest BCUT2D eigenvalue weighted by molar-refractivity contribution is 7.12. The Morgan fingerprint density at radius 3 is 2.39 bits per heavy atom. The molecule has 0 bridgehead atoms. The van der Waals surface area contributed by atoms with Crippen LogP contribution in [0.15, 0.2) is 24.3 Å². The number of aryl methyl sites for hydroxylation is 1. The second kappa shape index (κ2) is 5.93. The van der Waals surface area contributed by atoms with Crippen molar-refractivity contribution < 1.29 is 4.74 Å². The topological polar surface area (TPSA) is 35.2 Å². The lowest BCUT2D eigenvalue weighted by Crippen LogP contribution is -1.96. The van der Waals surface area contributed by atoms with Gasteiger partial charge in [0, 0.05) is 31.9 Å². The van der Waals surface area contributed by atoms with E-state index in [4.69, 9.17) is 33.7 Å². The number of thiophene rings is 1. The van der Waals surface area contributed by atoms with Crippen LogP contribution in [0.5, 0.6) is 5.75 Å². The van der Waals surface area contributed by atoms with Gasteiger partial charge in [0.05, 0.1) is 0 Å². The van der Waals surface area contributed by atoms with Gasteiger partial charge in [-0.2, -0.15) is 0 Å². The van der Waals surface area contributed by atoms with Crippen molar-refractivity contribution in [2.45, 2.75) is 20.1 Å². The fourth-order valence-electron chi connectivity index (χ4n) is 1.60. The molecular weight excluding hydrogens is 289 g/mol. The first-order valence-corrected chi connectivity index (χ1v) is 7.03. The summed E-state index contributed by atoms with van der Waals surface area (Å²) >= 11 is 13.5. The first-order chi connectivity index (χ1) is 8.58. The van der Waals surface area contributed by atoms with Crippen LogP contribution in [0.4, 0.5) is 0 Å². The summed E-state index contributed by atoms with van der Waals surface area (Å²) < 4.78 is 5.69.